The van der Waals surface area contributed by atoms with Gasteiger partial charge >= 0.3 is 11.8 Å². The van der Waals surface area contributed by atoms with Gasteiger partial charge < -0.3 is 21.3 Å². The normalized spacial score (nSPS) is 15.1. The van der Waals surface area contributed by atoms with Crippen LogP contribution in [0.2, 0.25) is 0 Å². The highest BCUT2D eigenvalue weighted by atomic mass is 35.5. The minimum Gasteiger partial charge on any atom is -0.361 e. The number of aromatic nitrogens is 1. The molecule has 158 valence electrons. The molecule has 3 amide bonds. The maximum absolute atomic E-state index is 12.5. The number of nitrogens with zero attached hydrogens (tertiary/aromatic N) is 2. The second-order valence-corrected chi connectivity index (χ2v) is 9.88. The number of hydrogen-bond donors (Lipinski definition) is 3. The fourth-order valence-corrected chi connectivity index (χ4v) is 4.36. The molecule has 4 N–H and O–H groups in total. The van der Waals surface area contributed by atoms with E-state index in [4.69, 9.17) is 5.73 Å². The highest BCUT2D eigenvalue weighted by Crippen LogP contribution is 2.24. The molecule has 0 saturated carbocycles. The van der Waals surface area contributed by atoms with E-state index in [9.17, 15) is 22.8 Å². The summed E-state index contributed by atoms with van der Waals surface area (Å²) in [6.45, 7) is 1.48. The number of fused-ring (bicyclic) bond motifs is 1. The number of likely N-dealkylation sites (N-methyl/N-ethyl adjacent to an activating group) is 1. The highest BCUT2D eigenvalue weighted by molar-refractivity contribution is 7.90. The maximum atomic E-state index is 12.5. The molecule has 0 fully saturated rings. The number of carbonyl (C=O) groups excluding carboxylic acids is 3. The number of nitrogens with two attached hydrogens (primary N) is 1. The van der Waals surface area contributed by atoms with Gasteiger partial charge in [-0.05, 0) is 13.5 Å². The first-order valence-electron chi connectivity index (χ1n) is 8.28. The van der Waals surface area contributed by atoms with Crippen molar-refractivity contribution in [2.75, 3.05) is 32.1 Å². The fraction of sp³-hybridized carbons (Fsp3) is 0.600. The third-order valence-electron chi connectivity index (χ3n) is 4.02. The largest absolute Gasteiger partial charge is 0.361 e. The number of sulfone groups is 1. The van der Waals surface area contributed by atoms with Crippen molar-refractivity contribution >= 4 is 51.3 Å². The van der Waals surface area contributed by atoms with Crippen LogP contribution in [-0.2, 0) is 32.4 Å². The smallest absolute Gasteiger partial charge is 0.309 e. The average molecular weight is 454 g/mol. The van der Waals surface area contributed by atoms with Gasteiger partial charge in [0, 0.05) is 43.2 Å². The van der Waals surface area contributed by atoms with Crippen molar-refractivity contribution in [1.82, 2.24) is 20.5 Å². The first kappa shape index (κ1) is 24.3. The van der Waals surface area contributed by atoms with Gasteiger partial charge in [0.25, 0.3) is 5.91 Å². The van der Waals surface area contributed by atoms with Gasteiger partial charge in [0.05, 0.1) is 11.4 Å². The molecule has 1 aliphatic rings. The topological polar surface area (TPSA) is 152 Å². The van der Waals surface area contributed by atoms with Crippen LogP contribution in [0.1, 0.15) is 26.8 Å². The van der Waals surface area contributed by atoms with E-state index in [2.05, 4.69) is 20.5 Å². The molecule has 0 saturated heterocycles. The third kappa shape index (κ3) is 7.34. The summed E-state index contributed by atoms with van der Waals surface area (Å²) >= 11 is 1.30. The van der Waals surface area contributed by atoms with Crippen LogP contribution in [0.4, 0.5) is 0 Å². The van der Waals surface area contributed by atoms with Gasteiger partial charge in [0.1, 0.15) is 9.84 Å². The molecule has 0 radical (unpaired) electrons. The average Bonchev–Trinajstić information content (AvgIpc) is 2.99. The predicted octanol–water partition coefficient (Wildman–Crippen LogP) is -1.31. The van der Waals surface area contributed by atoms with Crippen molar-refractivity contribution in [3.05, 3.63) is 15.6 Å². The zero-order valence-corrected chi connectivity index (χ0v) is 18.0. The Labute approximate surface area is 173 Å². The summed E-state index contributed by atoms with van der Waals surface area (Å²) in [4.78, 5) is 42.2. The molecule has 13 heteroatoms. The van der Waals surface area contributed by atoms with Crippen molar-refractivity contribution < 1.29 is 22.8 Å². The Morgan fingerprint density at radius 2 is 2.04 bits per heavy atom. The van der Waals surface area contributed by atoms with Crippen LogP contribution in [0.5, 0.6) is 0 Å². The number of hydrogen-bond acceptors (Lipinski definition) is 8. The Kier molecular flexibility index (Phi) is 8.79. The Balaban J connectivity index is 0.00000392. The van der Waals surface area contributed by atoms with Crippen molar-refractivity contribution in [2.24, 2.45) is 5.73 Å². The van der Waals surface area contributed by atoms with E-state index in [1.807, 2.05) is 7.05 Å². The van der Waals surface area contributed by atoms with Crippen LogP contribution in [-0.4, -0.2) is 74.2 Å². The quantitative estimate of drug-likeness (QED) is 0.433. The van der Waals surface area contributed by atoms with Crippen LogP contribution in [0.25, 0.3) is 0 Å². The van der Waals surface area contributed by atoms with Gasteiger partial charge in [0.15, 0.2) is 5.01 Å². The first-order chi connectivity index (χ1) is 12.5. The van der Waals surface area contributed by atoms with Crippen molar-refractivity contribution in [3.63, 3.8) is 0 Å². The lowest BCUT2D eigenvalue weighted by atomic mass is 10.2. The second kappa shape index (κ2) is 10.1. The lowest BCUT2D eigenvalue weighted by Gasteiger charge is -2.20. The molecule has 0 aliphatic carbocycles. The summed E-state index contributed by atoms with van der Waals surface area (Å²) < 4.78 is 22.8. The molecular weight excluding hydrogens is 430 g/mol. The van der Waals surface area contributed by atoms with E-state index in [0.29, 0.717) is 5.01 Å². The van der Waals surface area contributed by atoms with Crippen molar-refractivity contribution in [1.29, 1.82) is 0 Å². The van der Waals surface area contributed by atoms with E-state index in [1.165, 1.54) is 11.3 Å². The minimum atomic E-state index is -3.26. The highest BCUT2D eigenvalue weighted by Gasteiger charge is 2.24. The summed E-state index contributed by atoms with van der Waals surface area (Å²) in [6.07, 6.45) is 1.93. The molecule has 2 rings (SSSR count). The van der Waals surface area contributed by atoms with Gasteiger partial charge in [-0.15, -0.1) is 23.7 Å². The first-order valence-corrected chi connectivity index (χ1v) is 11.2. The summed E-state index contributed by atoms with van der Waals surface area (Å²) in [5.41, 5.74) is 5.78. The fourth-order valence-electron chi connectivity index (χ4n) is 2.55. The zero-order valence-electron chi connectivity index (χ0n) is 15.6. The minimum absolute atomic E-state index is 0. The number of primary amides is 1. The number of rotatable bonds is 7. The molecule has 0 spiro atoms. The van der Waals surface area contributed by atoms with E-state index >= 15 is 0 Å². The van der Waals surface area contributed by atoms with Gasteiger partial charge in [0.2, 0.25) is 0 Å². The molecule has 2 heterocycles. The van der Waals surface area contributed by atoms with Crippen LogP contribution in [0.3, 0.4) is 0 Å². The van der Waals surface area contributed by atoms with E-state index in [0.717, 1.165) is 36.3 Å². The van der Waals surface area contributed by atoms with E-state index < -0.39 is 33.6 Å². The number of nitrogens with one attached hydrogen (secondary N) is 2. The van der Waals surface area contributed by atoms with Gasteiger partial charge in [-0.2, -0.15) is 0 Å². The Morgan fingerprint density at radius 1 is 1.36 bits per heavy atom. The predicted molar refractivity (Wildman–Crippen MR) is 107 cm³/mol. The molecule has 28 heavy (non-hydrogen) atoms. The van der Waals surface area contributed by atoms with Gasteiger partial charge in [-0.3, -0.25) is 14.4 Å². The van der Waals surface area contributed by atoms with Crippen LogP contribution in [0, 0.1) is 0 Å². The van der Waals surface area contributed by atoms with Gasteiger partial charge in [-0.1, -0.05) is 0 Å². The molecule has 1 aromatic rings. The standard InChI is InChI=1S/C15H23N5O5S2.ClH/c1-20-5-3-10-11(8-20)26-15(19-10)14(23)18-9(4-6-27(2,24)25)7-17-13(22)12(16)21;/h9H,3-8H2,1-2H3,(H2,16,21)(H,17,22)(H,18,23);1H/t9-;/m1./s1. The zero-order chi connectivity index (χ0) is 20.2. The van der Waals surface area contributed by atoms with E-state index in [1.54, 1.807) is 0 Å². The van der Waals surface area contributed by atoms with Crippen molar-refractivity contribution in [3.8, 4) is 0 Å². The number of carbonyl (C=O) groups is 3. The lowest BCUT2D eigenvalue weighted by Crippen LogP contribution is -2.47. The molecule has 0 unspecified atom stereocenters. The monoisotopic (exact) mass is 453 g/mol. The second-order valence-electron chi connectivity index (χ2n) is 6.54. The Bertz CT molecular complexity index is 842. The summed E-state index contributed by atoms with van der Waals surface area (Å²) in [5.74, 6) is -2.77. The van der Waals surface area contributed by atoms with Gasteiger partial charge in [-0.25, -0.2) is 13.4 Å². The molecule has 0 bridgehead atoms. The van der Waals surface area contributed by atoms with E-state index in [-0.39, 0.29) is 31.1 Å². The molecule has 1 aliphatic heterocycles. The number of halogens is 1. The summed E-state index contributed by atoms with van der Waals surface area (Å²) in [7, 11) is -1.27. The third-order valence-corrected chi connectivity index (χ3v) is 6.08. The number of amides is 3. The number of thiazole rings is 1. The molecule has 1 atom stereocenters. The molecule has 10 nitrogen and oxygen atoms in total. The molecule has 0 aromatic carbocycles. The SMILES string of the molecule is CN1CCc2nc(C(=O)N[C@H](CCS(C)(=O)=O)CNC(=O)C(N)=O)sc2C1.Cl. The molecule has 1 aromatic heterocycles. The Hall–Kier alpha value is -1.76. The lowest BCUT2D eigenvalue weighted by molar-refractivity contribution is -0.137. The van der Waals surface area contributed by atoms with Crippen molar-refractivity contribution in [2.45, 2.75) is 25.4 Å². The Morgan fingerprint density at radius 3 is 2.64 bits per heavy atom. The van der Waals surface area contributed by atoms with Crippen LogP contribution in [0.15, 0.2) is 0 Å². The summed E-state index contributed by atoms with van der Waals surface area (Å²) in [6, 6.07) is -0.681. The van der Waals surface area contributed by atoms with Crippen LogP contribution < -0.4 is 16.4 Å². The molecular formula is C15H24ClN5O5S2. The maximum Gasteiger partial charge on any atom is 0.309 e. The van der Waals surface area contributed by atoms with Crippen LogP contribution >= 0.6 is 23.7 Å². The summed E-state index contributed by atoms with van der Waals surface area (Å²) in [5, 5.41) is 5.26.